The zero-order valence-corrected chi connectivity index (χ0v) is 19.6. The van der Waals surface area contributed by atoms with Gasteiger partial charge in [0, 0.05) is 38.8 Å². The molecule has 1 aliphatic rings. The molecule has 0 bridgehead atoms. The van der Waals surface area contributed by atoms with Crippen molar-refractivity contribution in [1.82, 2.24) is 9.80 Å². The lowest BCUT2D eigenvalue weighted by Crippen LogP contribution is -2.49. The molecule has 0 unspecified atom stereocenters. The van der Waals surface area contributed by atoms with Crippen molar-refractivity contribution in [2.24, 2.45) is 0 Å². The van der Waals surface area contributed by atoms with Crippen LogP contribution < -0.4 is 4.90 Å². The average molecular weight is 450 g/mol. The van der Waals surface area contributed by atoms with Gasteiger partial charge in [0.25, 0.3) is 5.91 Å². The second kappa shape index (κ2) is 10.2. The molecule has 0 spiro atoms. The van der Waals surface area contributed by atoms with Gasteiger partial charge in [-0.3, -0.25) is 9.69 Å². The van der Waals surface area contributed by atoms with E-state index in [1.165, 1.54) is 17.2 Å². The van der Waals surface area contributed by atoms with Gasteiger partial charge in [0.1, 0.15) is 11.6 Å². The summed E-state index contributed by atoms with van der Waals surface area (Å²) in [7, 11) is 0. The number of benzene rings is 2. The number of carbonyl (C=O) groups excluding carboxylic acids is 1. The summed E-state index contributed by atoms with van der Waals surface area (Å²) in [5.41, 5.74) is 3.09. The van der Waals surface area contributed by atoms with Crippen LogP contribution in [-0.2, 0) is 13.1 Å². The van der Waals surface area contributed by atoms with Crippen LogP contribution in [0.15, 0.2) is 65.1 Å². The smallest absolute Gasteiger partial charge is 0.289 e. The van der Waals surface area contributed by atoms with Gasteiger partial charge in [-0.2, -0.15) is 0 Å². The second-order valence-corrected chi connectivity index (χ2v) is 8.98. The summed E-state index contributed by atoms with van der Waals surface area (Å²) < 4.78 is 20.0. The largest absolute Gasteiger partial charge is 0.455 e. The van der Waals surface area contributed by atoms with Gasteiger partial charge in [-0.25, -0.2) is 4.39 Å². The fourth-order valence-corrected chi connectivity index (χ4v) is 4.14. The minimum atomic E-state index is -0.228. The molecule has 1 fully saturated rings. The molecule has 4 rings (SSSR count). The van der Waals surface area contributed by atoms with Gasteiger partial charge in [-0.15, -0.1) is 0 Å². The van der Waals surface area contributed by atoms with Crippen LogP contribution in [0.4, 0.5) is 10.1 Å². The van der Waals surface area contributed by atoms with Gasteiger partial charge in [-0.1, -0.05) is 42.0 Å². The molecule has 6 heteroatoms. The van der Waals surface area contributed by atoms with Gasteiger partial charge in [0.15, 0.2) is 5.76 Å². The van der Waals surface area contributed by atoms with Crippen molar-refractivity contribution in [2.75, 3.05) is 31.1 Å². The maximum Gasteiger partial charge on any atom is 0.289 e. The number of furan rings is 1. The first-order valence-corrected chi connectivity index (χ1v) is 11.6. The molecule has 0 radical (unpaired) electrons. The van der Waals surface area contributed by atoms with E-state index < -0.39 is 0 Å². The molecule has 1 aliphatic heterocycles. The van der Waals surface area contributed by atoms with E-state index in [1.54, 1.807) is 23.1 Å². The molecule has 0 atom stereocenters. The van der Waals surface area contributed by atoms with Crippen molar-refractivity contribution in [3.63, 3.8) is 0 Å². The zero-order chi connectivity index (χ0) is 23.4. The van der Waals surface area contributed by atoms with E-state index in [9.17, 15) is 9.18 Å². The summed E-state index contributed by atoms with van der Waals surface area (Å²) >= 11 is 0. The van der Waals surface area contributed by atoms with Crippen LogP contribution in [0.2, 0.25) is 0 Å². The van der Waals surface area contributed by atoms with Crippen LogP contribution in [0.5, 0.6) is 0 Å². The standard InChI is InChI=1S/C27H32FN3O2/c1-20(2)31(18-22-10-8-21(3)9-11-22)19-23-12-13-26(33-23)27(32)30-16-14-29(15-17-30)25-7-5-4-6-24(25)28/h4-13,20H,14-19H2,1-3H3. The number of carbonyl (C=O) groups is 1. The van der Waals surface area contributed by atoms with Gasteiger partial charge in [-0.05, 0) is 50.6 Å². The predicted octanol–water partition coefficient (Wildman–Crippen LogP) is 5.10. The Hall–Kier alpha value is -3.12. The van der Waals surface area contributed by atoms with Crippen molar-refractivity contribution in [2.45, 2.75) is 39.9 Å². The Morgan fingerprint density at radius 2 is 1.67 bits per heavy atom. The minimum Gasteiger partial charge on any atom is -0.455 e. The summed E-state index contributed by atoms with van der Waals surface area (Å²) in [6, 6.07) is 19.3. The molecule has 5 nitrogen and oxygen atoms in total. The number of aryl methyl sites for hydroxylation is 1. The fraction of sp³-hybridized carbons (Fsp3) is 0.370. The summed E-state index contributed by atoms with van der Waals surface area (Å²) in [5, 5.41) is 0. The number of hydrogen-bond donors (Lipinski definition) is 0. The molecule has 0 aliphatic carbocycles. The van der Waals surface area contributed by atoms with E-state index >= 15 is 0 Å². The Balaban J connectivity index is 1.36. The van der Waals surface area contributed by atoms with Crippen LogP contribution >= 0.6 is 0 Å². The number of anilines is 1. The lowest BCUT2D eigenvalue weighted by atomic mass is 10.1. The number of piperazine rings is 1. The summed E-state index contributed by atoms with van der Waals surface area (Å²) in [5.74, 6) is 0.810. The first-order valence-electron chi connectivity index (χ1n) is 11.6. The molecule has 2 aromatic carbocycles. The van der Waals surface area contributed by atoms with Crippen molar-refractivity contribution < 1.29 is 13.6 Å². The number of hydrogen-bond acceptors (Lipinski definition) is 4. The van der Waals surface area contributed by atoms with E-state index in [0.717, 1.165) is 12.3 Å². The molecule has 3 aromatic rings. The van der Waals surface area contributed by atoms with E-state index in [0.29, 0.717) is 50.2 Å². The summed E-state index contributed by atoms with van der Waals surface area (Å²) in [6.07, 6.45) is 0. The van der Waals surface area contributed by atoms with Crippen LogP contribution in [0, 0.1) is 12.7 Å². The first kappa shape index (κ1) is 23.1. The van der Waals surface area contributed by atoms with Gasteiger partial charge < -0.3 is 14.2 Å². The molecule has 1 saturated heterocycles. The molecule has 2 heterocycles. The lowest BCUT2D eigenvalue weighted by Gasteiger charge is -2.35. The average Bonchev–Trinajstić information content (AvgIpc) is 3.28. The van der Waals surface area contributed by atoms with Crippen molar-refractivity contribution >= 4 is 11.6 Å². The molecule has 1 aromatic heterocycles. The SMILES string of the molecule is Cc1ccc(CN(Cc2ccc(C(=O)N3CCN(c4ccccc4F)CC3)o2)C(C)C)cc1. The number of nitrogens with zero attached hydrogens (tertiary/aromatic N) is 3. The Bertz CT molecular complexity index is 1070. The highest BCUT2D eigenvalue weighted by Crippen LogP contribution is 2.22. The zero-order valence-electron chi connectivity index (χ0n) is 19.6. The topological polar surface area (TPSA) is 39.9 Å². The lowest BCUT2D eigenvalue weighted by molar-refractivity contribution is 0.0709. The van der Waals surface area contributed by atoms with Crippen molar-refractivity contribution in [3.8, 4) is 0 Å². The number of rotatable bonds is 7. The Morgan fingerprint density at radius 1 is 0.970 bits per heavy atom. The molecular formula is C27H32FN3O2. The normalized spacial score (nSPS) is 14.4. The molecule has 0 N–H and O–H groups in total. The van der Waals surface area contributed by atoms with E-state index in [4.69, 9.17) is 4.42 Å². The van der Waals surface area contributed by atoms with Gasteiger partial charge in [0.2, 0.25) is 0 Å². The third-order valence-electron chi connectivity index (χ3n) is 6.23. The minimum absolute atomic E-state index is 0.107. The molecule has 0 saturated carbocycles. The van der Waals surface area contributed by atoms with Crippen molar-refractivity contribution in [3.05, 3.63) is 89.1 Å². The highest BCUT2D eigenvalue weighted by atomic mass is 19.1. The van der Waals surface area contributed by atoms with E-state index in [-0.39, 0.29) is 11.7 Å². The molecule has 1 amide bonds. The van der Waals surface area contributed by atoms with Crippen LogP contribution in [0.3, 0.4) is 0 Å². The van der Waals surface area contributed by atoms with Crippen LogP contribution in [0.25, 0.3) is 0 Å². The predicted molar refractivity (Wildman–Crippen MR) is 129 cm³/mol. The number of halogens is 1. The Kier molecular flexibility index (Phi) is 7.14. The fourth-order valence-electron chi connectivity index (χ4n) is 4.14. The third kappa shape index (κ3) is 5.63. The highest BCUT2D eigenvalue weighted by Gasteiger charge is 2.25. The van der Waals surface area contributed by atoms with E-state index in [1.807, 2.05) is 17.0 Å². The maximum absolute atomic E-state index is 14.1. The monoisotopic (exact) mass is 449 g/mol. The van der Waals surface area contributed by atoms with Gasteiger partial charge >= 0.3 is 0 Å². The molecular weight excluding hydrogens is 417 g/mol. The quantitative estimate of drug-likeness (QED) is 0.503. The molecule has 33 heavy (non-hydrogen) atoms. The van der Waals surface area contributed by atoms with E-state index in [2.05, 4.69) is 49.9 Å². The summed E-state index contributed by atoms with van der Waals surface area (Å²) in [4.78, 5) is 19.1. The maximum atomic E-state index is 14.1. The third-order valence-corrected chi connectivity index (χ3v) is 6.23. The first-order chi connectivity index (χ1) is 15.9. The van der Waals surface area contributed by atoms with Gasteiger partial charge in [0.05, 0.1) is 12.2 Å². The van der Waals surface area contributed by atoms with Crippen LogP contribution in [0.1, 0.15) is 41.3 Å². The molecule has 174 valence electrons. The Labute approximate surface area is 195 Å². The van der Waals surface area contributed by atoms with Crippen LogP contribution in [-0.4, -0.2) is 47.9 Å². The highest BCUT2D eigenvalue weighted by molar-refractivity contribution is 5.91. The second-order valence-electron chi connectivity index (χ2n) is 8.98. The van der Waals surface area contributed by atoms with Crippen molar-refractivity contribution in [1.29, 1.82) is 0 Å². The number of para-hydroxylation sites is 1. The number of amides is 1. The Morgan fingerprint density at radius 3 is 2.33 bits per heavy atom. The summed E-state index contributed by atoms with van der Waals surface area (Å²) in [6.45, 7) is 10.1.